The van der Waals surface area contributed by atoms with Gasteiger partial charge in [0.15, 0.2) is 6.04 Å². The highest BCUT2D eigenvalue weighted by Crippen LogP contribution is 2.18. The molecule has 0 bridgehead atoms. The Balaban J connectivity index is 1.71. The van der Waals surface area contributed by atoms with Crippen molar-refractivity contribution in [2.45, 2.75) is 30.8 Å². The molecule has 0 saturated carbocycles. The molecule has 1 heterocycles. The Morgan fingerprint density at radius 3 is 2.52 bits per heavy atom. The Hall–Kier alpha value is -2.22. The van der Waals surface area contributed by atoms with Crippen LogP contribution in [0.4, 0.5) is 5.69 Å². The molecule has 1 amide bonds. The van der Waals surface area contributed by atoms with Crippen molar-refractivity contribution < 1.29 is 18.1 Å². The SMILES string of the molecule is C[C@@H](C(=O)Nc1cccc(S(=O)(=O)N(C)C)c1)[NH+]1CCc2ccccc2C1. The van der Waals surface area contributed by atoms with E-state index in [4.69, 9.17) is 0 Å². The van der Waals surface area contributed by atoms with E-state index in [1.807, 2.05) is 13.0 Å². The molecule has 1 unspecified atom stereocenters. The summed E-state index contributed by atoms with van der Waals surface area (Å²) in [6.07, 6.45) is 0.958. The number of carbonyl (C=O) groups excluding carboxylic acids is 1. The topological polar surface area (TPSA) is 70.9 Å². The number of nitrogens with zero attached hydrogens (tertiary/aromatic N) is 1. The molecule has 3 rings (SSSR count). The Morgan fingerprint density at radius 2 is 1.81 bits per heavy atom. The molecule has 2 aromatic rings. The molecule has 2 N–H and O–H groups in total. The van der Waals surface area contributed by atoms with Gasteiger partial charge in [-0.15, -0.1) is 0 Å². The molecule has 0 aromatic heterocycles. The van der Waals surface area contributed by atoms with E-state index < -0.39 is 10.0 Å². The van der Waals surface area contributed by atoms with Crippen LogP contribution in [-0.4, -0.2) is 45.3 Å². The number of fused-ring (bicyclic) bond motifs is 1. The van der Waals surface area contributed by atoms with Gasteiger partial charge in [-0.25, -0.2) is 12.7 Å². The maximum Gasteiger partial charge on any atom is 0.282 e. The molecule has 0 fully saturated rings. The van der Waals surface area contributed by atoms with Gasteiger partial charge in [-0.2, -0.15) is 0 Å². The summed E-state index contributed by atoms with van der Waals surface area (Å²) in [5.74, 6) is -0.108. The fourth-order valence-corrected chi connectivity index (χ4v) is 4.30. The Kier molecular flexibility index (Phi) is 5.64. The van der Waals surface area contributed by atoms with E-state index in [0.717, 1.165) is 23.8 Å². The van der Waals surface area contributed by atoms with Gasteiger partial charge in [0.05, 0.1) is 11.4 Å². The second kappa shape index (κ2) is 7.80. The van der Waals surface area contributed by atoms with E-state index in [0.29, 0.717) is 5.69 Å². The van der Waals surface area contributed by atoms with E-state index in [-0.39, 0.29) is 16.8 Å². The van der Waals surface area contributed by atoms with Crippen molar-refractivity contribution in [1.29, 1.82) is 0 Å². The highest BCUT2D eigenvalue weighted by molar-refractivity contribution is 7.89. The third kappa shape index (κ3) is 4.21. The van der Waals surface area contributed by atoms with Crippen molar-refractivity contribution in [2.24, 2.45) is 0 Å². The first-order chi connectivity index (χ1) is 12.8. The predicted octanol–water partition coefficient (Wildman–Crippen LogP) is 0.905. The number of quaternary nitrogens is 1. The summed E-state index contributed by atoms with van der Waals surface area (Å²) in [7, 11) is -0.560. The van der Waals surface area contributed by atoms with Crippen LogP contribution in [0, 0.1) is 0 Å². The van der Waals surface area contributed by atoms with Gasteiger partial charge >= 0.3 is 0 Å². The number of carbonyl (C=O) groups is 1. The van der Waals surface area contributed by atoms with Crippen molar-refractivity contribution in [1.82, 2.24) is 4.31 Å². The van der Waals surface area contributed by atoms with Crippen molar-refractivity contribution in [3.8, 4) is 0 Å². The summed E-state index contributed by atoms with van der Waals surface area (Å²) in [4.78, 5) is 14.1. The van der Waals surface area contributed by atoms with Gasteiger partial charge in [-0.1, -0.05) is 30.3 Å². The Labute approximate surface area is 160 Å². The van der Waals surface area contributed by atoms with Crippen molar-refractivity contribution in [2.75, 3.05) is 26.0 Å². The van der Waals surface area contributed by atoms with E-state index in [2.05, 4.69) is 23.5 Å². The van der Waals surface area contributed by atoms with Crippen LogP contribution < -0.4 is 10.2 Å². The van der Waals surface area contributed by atoms with Crippen LogP contribution in [-0.2, 0) is 27.8 Å². The first-order valence-electron chi connectivity index (χ1n) is 9.04. The number of rotatable bonds is 5. The molecule has 27 heavy (non-hydrogen) atoms. The Morgan fingerprint density at radius 1 is 1.11 bits per heavy atom. The minimum Gasteiger partial charge on any atom is -0.321 e. The van der Waals surface area contributed by atoms with Crippen molar-refractivity contribution in [3.63, 3.8) is 0 Å². The highest BCUT2D eigenvalue weighted by Gasteiger charge is 2.29. The number of nitrogens with one attached hydrogen (secondary N) is 2. The number of anilines is 1. The standard InChI is InChI=1S/C20H25N3O3S/c1-15(23-12-11-16-7-4-5-8-17(16)14-23)20(24)21-18-9-6-10-19(13-18)27(25,26)22(2)3/h4-10,13,15H,11-12,14H2,1-3H3,(H,21,24)/p+1/t15-/m0/s1. The van der Waals surface area contributed by atoms with Crippen LogP contribution in [0.25, 0.3) is 0 Å². The summed E-state index contributed by atoms with van der Waals surface area (Å²) in [5.41, 5.74) is 3.14. The average Bonchev–Trinajstić information content (AvgIpc) is 2.67. The lowest BCUT2D eigenvalue weighted by Crippen LogP contribution is -3.16. The van der Waals surface area contributed by atoms with E-state index in [9.17, 15) is 13.2 Å². The highest BCUT2D eigenvalue weighted by atomic mass is 32.2. The third-order valence-electron chi connectivity index (χ3n) is 5.14. The van der Waals surface area contributed by atoms with Gasteiger partial charge in [0.2, 0.25) is 10.0 Å². The summed E-state index contributed by atoms with van der Waals surface area (Å²) in [6, 6.07) is 14.5. The molecule has 1 aliphatic rings. The minimum atomic E-state index is -3.53. The molecule has 144 valence electrons. The third-order valence-corrected chi connectivity index (χ3v) is 6.95. The zero-order valence-electron chi connectivity index (χ0n) is 15.9. The summed E-state index contributed by atoms with van der Waals surface area (Å²) in [6.45, 7) is 3.64. The Bertz CT molecular complexity index is 941. The van der Waals surface area contributed by atoms with Crippen LogP contribution in [0.2, 0.25) is 0 Å². The number of hydrogen-bond acceptors (Lipinski definition) is 3. The fraction of sp³-hybridized carbons (Fsp3) is 0.350. The van der Waals surface area contributed by atoms with E-state index in [1.165, 1.54) is 42.3 Å². The fourth-order valence-electron chi connectivity index (χ4n) is 3.35. The van der Waals surface area contributed by atoms with Crippen molar-refractivity contribution in [3.05, 3.63) is 59.7 Å². The lowest BCUT2D eigenvalue weighted by atomic mass is 9.99. The van der Waals surface area contributed by atoms with Gasteiger partial charge in [0, 0.05) is 31.8 Å². The molecule has 1 aliphatic heterocycles. The second-order valence-electron chi connectivity index (χ2n) is 7.13. The van der Waals surface area contributed by atoms with Gasteiger partial charge < -0.3 is 10.2 Å². The lowest BCUT2D eigenvalue weighted by molar-refractivity contribution is -0.929. The molecule has 2 aromatic carbocycles. The van der Waals surface area contributed by atoms with Crippen LogP contribution in [0.3, 0.4) is 0 Å². The quantitative estimate of drug-likeness (QED) is 0.800. The summed E-state index contributed by atoms with van der Waals surface area (Å²) in [5, 5.41) is 2.87. The van der Waals surface area contributed by atoms with Crippen LogP contribution in [0.15, 0.2) is 53.4 Å². The molecular formula is C20H26N3O3S+. The van der Waals surface area contributed by atoms with Crippen LogP contribution >= 0.6 is 0 Å². The maximum atomic E-state index is 12.7. The largest absolute Gasteiger partial charge is 0.321 e. The lowest BCUT2D eigenvalue weighted by Gasteiger charge is -2.30. The number of amides is 1. The zero-order valence-corrected chi connectivity index (χ0v) is 16.7. The van der Waals surface area contributed by atoms with E-state index >= 15 is 0 Å². The predicted molar refractivity (Wildman–Crippen MR) is 105 cm³/mol. The number of hydrogen-bond donors (Lipinski definition) is 2. The first-order valence-corrected chi connectivity index (χ1v) is 10.5. The van der Waals surface area contributed by atoms with Crippen LogP contribution in [0.1, 0.15) is 18.1 Å². The molecule has 2 atom stereocenters. The van der Waals surface area contributed by atoms with Crippen molar-refractivity contribution >= 4 is 21.6 Å². The smallest absolute Gasteiger partial charge is 0.282 e. The van der Waals surface area contributed by atoms with Gasteiger partial charge in [-0.05, 0) is 30.7 Å². The second-order valence-corrected chi connectivity index (χ2v) is 9.28. The number of sulfonamides is 1. The molecular weight excluding hydrogens is 362 g/mol. The van der Waals surface area contributed by atoms with Gasteiger partial charge in [-0.3, -0.25) is 4.79 Å². The summed E-state index contributed by atoms with van der Waals surface area (Å²) >= 11 is 0. The molecule has 6 nitrogen and oxygen atoms in total. The monoisotopic (exact) mass is 388 g/mol. The van der Waals surface area contributed by atoms with Crippen LogP contribution in [0.5, 0.6) is 0 Å². The van der Waals surface area contributed by atoms with E-state index in [1.54, 1.807) is 12.1 Å². The maximum absolute atomic E-state index is 12.7. The summed E-state index contributed by atoms with van der Waals surface area (Å²) < 4.78 is 25.7. The zero-order chi connectivity index (χ0) is 19.6. The first kappa shape index (κ1) is 19.5. The molecule has 0 aliphatic carbocycles. The van der Waals surface area contributed by atoms with Gasteiger partial charge in [0.1, 0.15) is 6.54 Å². The molecule has 0 spiro atoms. The minimum absolute atomic E-state index is 0.108. The number of benzene rings is 2. The normalized spacial score (nSPS) is 18.0. The molecule has 0 saturated heterocycles. The average molecular weight is 389 g/mol. The van der Waals surface area contributed by atoms with Gasteiger partial charge in [0.25, 0.3) is 5.91 Å². The molecule has 0 radical (unpaired) electrons. The molecule has 7 heteroatoms.